The van der Waals surface area contributed by atoms with E-state index in [-0.39, 0.29) is 5.91 Å². The van der Waals surface area contributed by atoms with Gasteiger partial charge in [-0.3, -0.25) is 14.6 Å². The highest BCUT2D eigenvalue weighted by atomic mass is 16.5. The molecule has 8 heteroatoms. The van der Waals surface area contributed by atoms with E-state index >= 15 is 0 Å². The molecule has 6 rings (SSSR count). The van der Waals surface area contributed by atoms with Gasteiger partial charge in [0.15, 0.2) is 5.82 Å². The Labute approximate surface area is 187 Å². The largest absolute Gasteiger partial charge is 0.377 e. The third-order valence-electron chi connectivity index (χ3n) is 6.93. The predicted molar refractivity (Wildman–Crippen MR) is 121 cm³/mol. The van der Waals surface area contributed by atoms with Gasteiger partial charge >= 0.3 is 0 Å². The Balaban J connectivity index is 1.41. The van der Waals surface area contributed by atoms with E-state index < -0.39 is 0 Å². The molecule has 0 unspecified atom stereocenters. The molecule has 1 aromatic carbocycles. The maximum atomic E-state index is 12.1. The van der Waals surface area contributed by atoms with Crippen molar-refractivity contribution in [2.75, 3.05) is 31.2 Å². The van der Waals surface area contributed by atoms with Gasteiger partial charge in [0.1, 0.15) is 0 Å². The molecule has 0 aliphatic carbocycles. The number of nitrogens with one attached hydrogen (secondary N) is 1. The van der Waals surface area contributed by atoms with Crippen molar-refractivity contribution in [1.29, 1.82) is 0 Å². The van der Waals surface area contributed by atoms with E-state index in [1.165, 1.54) is 22.5 Å². The normalized spacial score (nSPS) is 18.3. The van der Waals surface area contributed by atoms with Crippen LogP contribution < -0.4 is 4.90 Å². The quantitative estimate of drug-likeness (QED) is 0.688. The Hall–Kier alpha value is -3.13. The molecule has 2 aromatic heterocycles. The number of amides is 1. The number of carbonyl (C=O) groups is 1. The van der Waals surface area contributed by atoms with Crippen molar-refractivity contribution < 1.29 is 9.53 Å². The molecule has 32 heavy (non-hydrogen) atoms. The van der Waals surface area contributed by atoms with Gasteiger partial charge in [-0.05, 0) is 43.5 Å². The van der Waals surface area contributed by atoms with E-state index in [0.29, 0.717) is 25.8 Å². The van der Waals surface area contributed by atoms with Crippen LogP contribution in [-0.4, -0.2) is 57.1 Å². The number of carbonyl (C=O) groups excluding carboxylic acids is 1. The number of anilines is 2. The van der Waals surface area contributed by atoms with Gasteiger partial charge in [-0.25, -0.2) is 0 Å². The SMILES string of the molecule is CC(=O)N1CCc2c(c(N3CCCc4cc(-c5cc(C)[nH]n5)ccc43)nn2C2COC2)C1. The molecule has 0 radical (unpaired) electrons. The number of aryl methyl sites for hydroxylation is 2. The summed E-state index contributed by atoms with van der Waals surface area (Å²) in [6, 6.07) is 9.00. The fraction of sp³-hybridized carbons (Fsp3) is 0.458. The van der Waals surface area contributed by atoms with E-state index in [2.05, 4.69) is 44.0 Å². The summed E-state index contributed by atoms with van der Waals surface area (Å²) in [6.45, 7) is 7.42. The van der Waals surface area contributed by atoms with Gasteiger partial charge in [0.2, 0.25) is 5.91 Å². The first kappa shape index (κ1) is 19.5. The molecule has 1 fully saturated rings. The average Bonchev–Trinajstić information content (AvgIpc) is 3.35. The first-order valence-corrected chi connectivity index (χ1v) is 11.4. The molecule has 1 amide bonds. The number of rotatable bonds is 3. The summed E-state index contributed by atoms with van der Waals surface area (Å²) in [6.07, 6.45) is 2.96. The molecule has 0 saturated carbocycles. The summed E-state index contributed by atoms with van der Waals surface area (Å²) in [5, 5.41) is 12.6. The minimum atomic E-state index is 0.124. The first-order chi connectivity index (χ1) is 15.6. The molecule has 0 bridgehead atoms. The van der Waals surface area contributed by atoms with Crippen molar-refractivity contribution in [3.05, 3.63) is 46.8 Å². The van der Waals surface area contributed by atoms with Crippen molar-refractivity contribution >= 4 is 17.4 Å². The van der Waals surface area contributed by atoms with Crippen LogP contribution in [0.1, 0.15) is 41.9 Å². The standard InChI is InChI=1S/C24H28N6O2/c1-15-10-21(26-25-15)17-5-6-22-18(11-17)4-3-8-29(22)24-20-12-28(16(2)31)9-7-23(20)30(27-24)19-13-32-14-19/h5-6,10-11,19H,3-4,7-9,12-14H2,1-2H3,(H,25,26). The number of H-pyrrole nitrogens is 1. The number of aromatic amines is 1. The van der Waals surface area contributed by atoms with Crippen LogP contribution in [0.15, 0.2) is 24.3 Å². The number of hydrogen-bond donors (Lipinski definition) is 1. The summed E-state index contributed by atoms with van der Waals surface area (Å²) >= 11 is 0. The van der Waals surface area contributed by atoms with Crippen LogP contribution in [0.5, 0.6) is 0 Å². The van der Waals surface area contributed by atoms with E-state index in [1.54, 1.807) is 6.92 Å². The Morgan fingerprint density at radius 3 is 2.78 bits per heavy atom. The summed E-state index contributed by atoms with van der Waals surface area (Å²) in [5.41, 5.74) is 8.17. The van der Waals surface area contributed by atoms with E-state index in [4.69, 9.17) is 9.84 Å². The molecule has 1 saturated heterocycles. The zero-order chi connectivity index (χ0) is 21.8. The lowest BCUT2D eigenvalue weighted by atomic mass is 9.97. The second-order valence-corrected chi connectivity index (χ2v) is 9.11. The van der Waals surface area contributed by atoms with Gasteiger partial charge in [0.25, 0.3) is 0 Å². The number of fused-ring (bicyclic) bond motifs is 2. The summed E-state index contributed by atoms with van der Waals surface area (Å²) in [5.74, 6) is 1.13. The van der Waals surface area contributed by atoms with Gasteiger partial charge in [-0.15, -0.1) is 0 Å². The fourth-order valence-corrected chi connectivity index (χ4v) is 5.12. The van der Waals surface area contributed by atoms with Crippen molar-refractivity contribution in [3.8, 4) is 11.3 Å². The summed E-state index contributed by atoms with van der Waals surface area (Å²) < 4.78 is 7.64. The molecule has 5 heterocycles. The summed E-state index contributed by atoms with van der Waals surface area (Å²) in [4.78, 5) is 16.4. The van der Waals surface area contributed by atoms with Crippen molar-refractivity contribution in [1.82, 2.24) is 24.9 Å². The van der Waals surface area contributed by atoms with Crippen LogP contribution in [0, 0.1) is 6.92 Å². The molecule has 0 spiro atoms. The zero-order valence-corrected chi connectivity index (χ0v) is 18.6. The maximum absolute atomic E-state index is 12.1. The number of aromatic nitrogens is 4. The molecule has 3 aliphatic heterocycles. The van der Waals surface area contributed by atoms with Crippen LogP contribution >= 0.6 is 0 Å². The topological polar surface area (TPSA) is 79.3 Å². The van der Waals surface area contributed by atoms with E-state index in [1.807, 2.05) is 11.8 Å². The third kappa shape index (κ3) is 3.12. The monoisotopic (exact) mass is 432 g/mol. The van der Waals surface area contributed by atoms with Gasteiger partial charge in [0, 0.05) is 54.6 Å². The van der Waals surface area contributed by atoms with Crippen molar-refractivity contribution in [3.63, 3.8) is 0 Å². The number of benzene rings is 1. The van der Waals surface area contributed by atoms with Gasteiger partial charge in [0.05, 0.1) is 31.5 Å². The average molecular weight is 433 g/mol. The van der Waals surface area contributed by atoms with Gasteiger partial charge < -0.3 is 14.5 Å². The highest BCUT2D eigenvalue weighted by Crippen LogP contribution is 2.40. The number of hydrogen-bond acceptors (Lipinski definition) is 5. The van der Waals surface area contributed by atoms with Gasteiger partial charge in [-0.1, -0.05) is 6.07 Å². The molecule has 8 nitrogen and oxygen atoms in total. The van der Waals surface area contributed by atoms with Crippen LogP contribution in [0.25, 0.3) is 11.3 Å². The fourth-order valence-electron chi connectivity index (χ4n) is 5.12. The zero-order valence-electron chi connectivity index (χ0n) is 18.6. The smallest absolute Gasteiger partial charge is 0.219 e. The minimum Gasteiger partial charge on any atom is -0.377 e. The molecule has 0 atom stereocenters. The van der Waals surface area contributed by atoms with E-state index in [9.17, 15) is 4.79 Å². The minimum absolute atomic E-state index is 0.124. The van der Waals surface area contributed by atoms with Crippen LogP contribution in [-0.2, 0) is 28.9 Å². The van der Waals surface area contributed by atoms with Crippen LogP contribution in [0.3, 0.4) is 0 Å². The molecule has 3 aromatic rings. The highest BCUT2D eigenvalue weighted by Gasteiger charge is 2.34. The Bertz CT molecular complexity index is 1190. The highest BCUT2D eigenvalue weighted by molar-refractivity contribution is 5.76. The lowest BCUT2D eigenvalue weighted by molar-refractivity contribution is -0.129. The summed E-state index contributed by atoms with van der Waals surface area (Å²) in [7, 11) is 0. The molecule has 166 valence electrons. The Morgan fingerprint density at radius 1 is 1.19 bits per heavy atom. The van der Waals surface area contributed by atoms with Crippen molar-refractivity contribution in [2.45, 2.75) is 45.7 Å². The maximum Gasteiger partial charge on any atom is 0.219 e. The van der Waals surface area contributed by atoms with Gasteiger partial charge in [-0.2, -0.15) is 10.2 Å². The lowest BCUT2D eigenvalue weighted by Crippen LogP contribution is -2.37. The third-order valence-corrected chi connectivity index (χ3v) is 6.93. The predicted octanol–water partition coefficient (Wildman–Crippen LogP) is 3.14. The van der Waals surface area contributed by atoms with Crippen LogP contribution in [0.4, 0.5) is 11.5 Å². The molecule has 1 N–H and O–H groups in total. The van der Waals surface area contributed by atoms with Crippen LogP contribution in [0.2, 0.25) is 0 Å². The Morgan fingerprint density at radius 2 is 2.06 bits per heavy atom. The first-order valence-electron chi connectivity index (χ1n) is 11.4. The van der Waals surface area contributed by atoms with Crippen molar-refractivity contribution in [2.24, 2.45) is 0 Å². The second kappa shape index (κ2) is 7.48. The Kier molecular flexibility index (Phi) is 4.57. The molecule has 3 aliphatic rings. The second-order valence-electron chi connectivity index (χ2n) is 9.11. The lowest BCUT2D eigenvalue weighted by Gasteiger charge is -2.33. The number of ether oxygens (including phenoxy) is 1. The number of nitrogens with zero attached hydrogens (tertiary/aromatic N) is 5. The van der Waals surface area contributed by atoms with E-state index in [0.717, 1.165) is 55.1 Å². The molecular formula is C24H28N6O2. The molecular weight excluding hydrogens is 404 g/mol.